The summed E-state index contributed by atoms with van der Waals surface area (Å²) < 4.78 is 19.3. The highest BCUT2D eigenvalue weighted by atomic mass is 19.1. The van der Waals surface area contributed by atoms with Gasteiger partial charge in [-0.1, -0.05) is 26.0 Å². The molecule has 2 rings (SSSR count). The number of aliphatic carboxylic acids is 1. The number of nitrogens with one attached hydrogen (secondary N) is 1. The summed E-state index contributed by atoms with van der Waals surface area (Å²) in [6.45, 7) is 5.98. The fourth-order valence-corrected chi connectivity index (χ4v) is 2.46. The highest BCUT2D eigenvalue weighted by Crippen LogP contribution is 2.27. The number of hydrogen-bond donors (Lipinski definition) is 2. The van der Waals surface area contributed by atoms with E-state index in [1.54, 1.807) is 31.2 Å². The molecule has 1 heterocycles. The minimum atomic E-state index is -0.869. The van der Waals surface area contributed by atoms with Crippen LogP contribution in [-0.4, -0.2) is 17.1 Å². The number of hydrogen-bond acceptors (Lipinski definition) is 3. The molecule has 0 radical (unpaired) electrons. The van der Waals surface area contributed by atoms with Gasteiger partial charge in [-0.3, -0.25) is 10.1 Å². The molecule has 0 amide bonds. The van der Waals surface area contributed by atoms with Crippen molar-refractivity contribution in [2.75, 3.05) is 0 Å². The highest BCUT2D eigenvalue weighted by Gasteiger charge is 2.19. The predicted octanol–water partition coefficient (Wildman–Crippen LogP) is 3.98. The zero-order chi connectivity index (χ0) is 17.0. The Kier molecular flexibility index (Phi) is 5.55. The first-order valence-electron chi connectivity index (χ1n) is 7.69. The molecule has 124 valence electrons. The van der Waals surface area contributed by atoms with Crippen molar-refractivity contribution in [3.05, 3.63) is 47.5 Å². The van der Waals surface area contributed by atoms with E-state index in [0.29, 0.717) is 35.6 Å². The van der Waals surface area contributed by atoms with Gasteiger partial charge in [0.15, 0.2) is 0 Å². The Morgan fingerprint density at radius 1 is 1.30 bits per heavy atom. The molecule has 0 bridgehead atoms. The number of halogens is 1. The van der Waals surface area contributed by atoms with Crippen molar-refractivity contribution in [3.8, 4) is 11.3 Å². The molecular weight excluding hydrogens is 297 g/mol. The Labute approximate surface area is 135 Å². The van der Waals surface area contributed by atoms with Gasteiger partial charge in [-0.2, -0.15) is 0 Å². The summed E-state index contributed by atoms with van der Waals surface area (Å²) in [7, 11) is 0. The van der Waals surface area contributed by atoms with E-state index in [1.807, 2.05) is 13.8 Å². The van der Waals surface area contributed by atoms with E-state index < -0.39 is 12.0 Å². The fraction of sp³-hybridized carbons (Fsp3) is 0.389. The molecule has 1 aromatic heterocycles. The molecule has 0 aliphatic heterocycles. The van der Waals surface area contributed by atoms with Crippen molar-refractivity contribution in [1.29, 1.82) is 0 Å². The quantitative estimate of drug-likeness (QED) is 0.810. The summed E-state index contributed by atoms with van der Waals surface area (Å²) in [5.74, 6) is 0.340. The summed E-state index contributed by atoms with van der Waals surface area (Å²) >= 11 is 0. The van der Waals surface area contributed by atoms with E-state index in [1.165, 1.54) is 6.07 Å². The second-order valence-corrected chi connectivity index (χ2v) is 6.08. The van der Waals surface area contributed by atoms with Crippen molar-refractivity contribution >= 4 is 5.97 Å². The van der Waals surface area contributed by atoms with Crippen molar-refractivity contribution in [3.63, 3.8) is 0 Å². The Morgan fingerprint density at radius 2 is 2.04 bits per heavy atom. The lowest BCUT2D eigenvalue weighted by molar-refractivity contribution is -0.140. The minimum Gasteiger partial charge on any atom is -0.480 e. The summed E-state index contributed by atoms with van der Waals surface area (Å²) in [5.41, 5.74) is 1.23. The van der Waals surface area contributed by atoms with Gasteiger partial charge in [0.1, 0.15) is 23.4 Å². The summed E-state index contributed by atoms with van der Waals surface area (Å²) in [4.78, 5) is 11.2. The largest absolute Gasteiger partial charge is 0.480 e. The number of carbonyl (C=O) groups is 1. The van der Waals surface area contributed by atoms with Crippen LogP contribution in [0.15, 0.2) is 34.7 Å². The van der Waals surface area contributed by atoms with Gasteiger partial charge >= 0.3 is 5.97 Å². The number of rotatable bonds is 7. The maximum atomic E-state index is 13.6. The van der Waals surface area contributed by atoms with Crippen LogP contribution < -0.4 is 5.32 Å². The zero-order valence-electron chi connectivity index (χ0n) is 13.6. The first kappa shape index (κ1) is 17.2. The molecule has 2 N–H and O–H groups in total. The topological polar surface area (TPSA) is 62.5 Å². The maximum absolute atomic E-state index is 13.6. The van der Waals surface area contributed by atoms with E-state index in [4.69, 9.17) is 4.42 Å². The fourth-order valence-electron chi connectivity index (χ4n) is 2.46. The van der Waals surface area contributed by atoms with E-state index in [2.05, 4.69) is 5.32 Å². The second kappa shape index (κ2) is 7.42. The number of furan rings is 1. The van der Waals surface area contributed by atoms with Crippen LogP contribution in [0.1, 0.15) is 31.6 Å². The zero-order valence-corrected chi connectivity index (χ0v) is 13.6. The lowest BCUT2D eigenvalue weighted by atomic mass is 10.0. The van der Waals surface area contributed by atoms with Gasteiger partial charge in [-0.05, 0) is 43.0 Å². The lowest BCUT2D eigenvalue weighted by Gasteiger charge is -2.15. The highest BCUT2D eigenvalue weighted by molar-refractivity contribution is 5.73. The number of carboxylic acid groups (broad SMARTS) is 1. The number of benzene rings is 1. The van der Waals surface area contributed by atoms with Crippen molar-refractivity contribution in [1.82, 2.24) is 5.32 Å². The smallest absolute Gasteiger partial charge is 0.320 e. The first-order chi connectivity index (χ1) is 10.9. The van der Waals surface area contributed by atoms with E-state index in [-0.39, 0.29) is 11.7 Å². The van der Waals surface area contributed by atoms with Crippen LogP contribution in [0.4, 0.5) is 4.39 Å². The molecule has 4 nitrogen and oxygen atoms in total. The Balaban J connectivity index is 2.07. The summed E-state index contributed by atoms with van der Waals surface area (Å²) in [5, 5.41) is 12.2. The third-order valence-corrected chi connectivity index (χ3v) is 3.72. The van der Waals surface area contributed by atoms with Crippen molar-refractivity contribution in [2.24, 2.45) is 5.92 Å². The first-order valence-corrected chi connectivity index (χ1v) is 7.69. The number of carboxylic acids is 1. The molecule has 1 atom stereocenters. The Bertz CT molecular complexity index is 679. The van der Waals surface area contributed by atoms with Crippen LogP contribution in [0.2, 0.25) is 0 Å². The van der Waals surface area contributed by atoms with Gasteiger partial charge in [0.25, 0.3) is 0 Å². The van der Waals surface area contributed by atoms with E-state index in [9.17, 15) is 14.3 Å². The predicted molar refractivity (Wildman–Crippen MR) is 86.6 cm³/mol. The molecule has 0 aliphatic rings. The maximum Gasteiger partial charge on any atom is 0.320 e. The molecule has 1 aromatic carbocycles. The molecule has 5 heteroatoms. The molecule has 0 spiro atoms. The molecule has 2 aromatic rings. The monoisotopic (exact) mass is 319 g/mol. The van der Waals surface area contributed by atoms with Crippen LogP contribution in [-0.2, 0) is 11.3 Å². The van der Waals surface area contributed by atoms with Crippen LogP contribution in [0.25, 0.3) is 11.3 Å². The normalized spacial score (nSPS) is 12.6. The lowest BCUT2D eigenvalue weighted by Crippen LogP contribution is -2.37. The third-order valence-electron chi connectivity index (χ3n) is 3.72. The van der Waals surface area contributed by atoms with Gasteiger partial charge in [0.2, 0.25) is 0 Å². The van der Waals surface area contributed by atoms with Gasteiger partial charge < -0.3 is 9.52 Å². The van der Waals surface area contributed by atoms with E-state index >= 15 is 0 Å². The average molecular weight is 319 g/mol. The van der Waals surface area contributed by atoms with Gasteiger partial charge in [0, 0.05) is 5.56 Å². The summed E-state index contributed by atoms with van der Waals surface area (Å²) in [6, 6.07) is 7.79. The standard InChI is InChI=1S/C18H22FNO3/c1-11(2)9-16(18(21)22)20-10-13-7-8-17(23-13)14-5-4-6-15(19)12(14)3/h4-8,11,16,20H,9-10H2,1-3H3,(H,21,22). The van der Waals surface area contributed by atoms with Gasteiger partial charge in [-0.15, -0.1) is 0 Å². The van der Waals surface area contributed by atoms with Crippen molar-refractivity contribution in [2.45, 2.75) is 39.8 Å². The SMILES string of the molecule is Cc1c(F)cccc1-c1ccc(CNC(CC(C)C)C(=O)O)o1. The van der Waals surface area contributed by atoms with E-state index in [0.717, 1.165) is 0 Å². The van der Waals surface area contributed by atoms with Gasteiger partial charge in [0.05, 0.1) is 6.54 Å². The Morgan fingerprint density at radius 3 is 2.70 bits per heavy atom. The molecule has 23 heavy (non-hydrogen) atoms. The van der Waals surface area contributed by atoms with Crippen LogP contribution >= 0.6 is 0 Å². The molecule has 0 fully saturated rings. The van der Waals surface area contributed by atoms with Crippen LogP contribution in [0.5, 0.6) is 0 Å². The summed E-state index contributed by atoms with van der Waals surface area (Å²) in [6.07, 6.45) is 0.548. The average Bonchev–Trinajstić information content (AvgIpc) is 2.94. The minimum absolute atomic E-state index is 0.276. The molecule has 0 saturated heterocycles. The van der Waals surface area contributed by atoms with Crippen LogP contribution in [0.3, 0.4) is 0 Å². The third kappa shape index (κ3) is 4.42. The van der Waals surface area contributed by atoms with Crippen molar-refractivity contribution < 1.29 is 18.7 Å². The Hall–Kier alpha value is -2.14. The molecule has 0 saturated carbocycles. The van der Waals surface area contributed by atoms with Crippen LogP contribution in [0, 0.1) is 18.7 Å². The van der Waals surface area contributed by atoms with Gasteiger partial charge in [-0.25, -0.2) is 4.39 Å². The molecular formula is C18H22FNO3. The second-order valence-electron chi connectivity index (χ2n) is 6.08. The molecule has 1 unspecified atom stereocenters. The molecule has 0 aliphatic carbocycles.